The van der Waals surface area contributed by atoms with E-state index in [1.807, 2.05) is 48.4 Å². The van der Waals surface area contributed by atoms with E-state index in [9.17, 15) is 9.59 Å². The van der Waals surface area contributed by atoms with E-state index in [4.69, 9.17) is 0 Å². The maximum atomic E-state index is 13.2. The third kappa shape index (κ3) is 1.52. The number of carbonyl (C=O) groups is 2. The Morgan fingerprint density at radius 1 is 1.31 bits per heavy atom. The molecule has 0 radical (unpaired) electrons. The fourth-order valence-electron chi connectivity index (χ4n) is 5.08. The molecule has 26 heavy (non-hydrogen) atoms. The largest absolute Gasteiger partial charge is 0.358 e. The molecule has 0 unspecified atom stereocenters. The third-order valence-electron chi connectivity index (χ3n) is 6.30. The average molecular weight is 343 g/mol. The van der Waals surface area contributed by atoms with Gasteiger partial charge in [-0.25, -0.2) is 0 Å². The summed E-state index contributed by atoms with van der Waals surface area (Å²) in [7, 11) is 0. The van der Waals surface area contributed by atoms with Gasteiger partial charge >= 0.3 is 0 Å². The highest BCUT2D eigenvalue weighted by Gasteiger charge is 2.68. The predicted octanol–water partition coefficient (Wildman–Crippen LogP) is 3.30. The van der Waals surface area contributed by atoms with Crippen LogP contribution in [0.15, 0.2) is 48.3 Å². The van der Waals surface area contributed by atoms with Crippen molar-refractivity contribution < 1.29 is 9.59 Å². The summed E-state index contributed by atoms with van der Waals surface area (Å²) in [5.74, 6) is 0.322. The number of carbonyl (C=O) groups excluding carboxylic acids is 2. The first-order valence-corrected chi connectivity index (χ1v) is 8.94. The molecule has 3 aromatic rings. The number of piperidine rings is 1. The molecular weight excluding hydrogens is 326 g/mol. The van der Waals surface area contributed by atoms with Gasteiger partial charge in [-0.3, -0.25) is 9.59 Å². The van der Waals surface area contributed by atoms with Gasteiger partial charge in [0, 0.05) is 40.8 Å². The van der Waals surface area contributed by atoms with E-state index >= 15 is 0 Å². The van der Waals surface area contributed by atoms with Crippen LogP contribution in [0.4, 0.5) is 0 Å². The van der Waals surface area contributed by atoms with Gasteiger partial charge in [-0.1, -0.05) is 18.2 Å². The molecule has 1 saturated heterocycles. The van der Waals surface area contributed by atoms with Crippen molar-refractivity contribution in [1.82, 2.24) is 14.9 Å². The number of aryl methyl sites for hydroxylation is 1. The van der Waals surface area contributed by atoms with E-state index in [1.165, 1.54) is 0 Å². The Bertz CT molecular complexity index is 1130. The minimum atomic E-state index is -0.144. The maximum Gasteiger partial charge on any atom is 0.274 e. The smallest absolute Gasteiger partial charge is 0.274 e. The highest BCUT2D eigenvalue weighted by atomic mass is 16.2. The second-order valence-electron chi connectivity index (χ2n) is 7.67. The molecule has 5 nitrogen and oxygen atoms in total. The van der Waals surface area contributed by atoms with Gasteiger partial charge in [0.2, 0.25) is 5.78 Å². The summed E-state index contributed by atoms with van der Waals surface area (Å²) in [5.41, 5.74) is 5.19. The topological polar surface area (TPSA) is 69.0 Å². The van der Waals surface area contributed by atoms with Gasteiger partial charge in [0.15, 0.2) is 0 Å². The van der Waals surface area contributed by atoms with Gasteiger partial charge in [-0.2, -0.15) is 0 Å². The van der Waals surface area contributed by atoms with E-state index in [0.717, 1.165) is 34.1 Å². The minimum absolute atomic E-state index is 0.0317. The molecule has 2 N–H and O–H groups in total. The zero-order chi connectivity index (χ0) is 17.6. The zero-order valence-corrected chi connectivity index (χ0v) is 14.3. The first kappa shape index (κ1) is 14.1. The van der Waals surface area contributed by atoms with Gasteiger partial charge in [-0.05, 0) is 42.5 Å². The number of fused-ring (bicyclic) bond motifs is 2. The molecule has 2 aliphatic carbocycles. The Balaban J connectivity index is 1.45. The monoisotopic (exact) mass is 343 g/mol. The molecule has 0 bridgehead atoms. The number of ketones is 1. The molecule has 1 aliphatic heterocycles. The first-order chi connectivity index (χ1) is 12.6. The van der Waals surface area contributed by atoms with Crippen LogP contribution < -0.4 is 0 Å². The van der Waals surface area contributed by atoms with Gasteiger partial charge in [0.1, 0.15) is 5.69 Å². The Morgan fingerprint density at radius 2 is 2.15 bits per heavy atom. The maximum absolute atomic E-state index is 13.2. The number of likely N-dealkylation sites (tertiary alicyclic amines) is 1. The molecule has 1 spiro atoms. The normalized spacial score (nSPS) is 25.7. The quantitative estimate of drug-likeness (QED) is 0.712. The molecule has 2 atom stereocenters. The van der Waals surface area contributed by atoms with Crippen molar-refractivity contribution in [2.24, 2.45) is 5.92 Å². The van der Waals surface area contributed by atoms with Gasteiger partial charge in [-0.15, -0.1) is 0 Å². The van der Waals surface area contributed by atoms with Crippen molar-refractivity contribution in [1.29, 1.82) is 0 Å². The highest BCUT2D eigenvalue weighted by Crippen LogP contribution is 2.67. The molecule has 1 amide bonds. The summed E-state index contributed by atoms with van der Waals surface area (Å²) < 4.78 is 0. The van der Waals surface area contributed by atoms with Gasteiger partial charge in [0.25, 0.3) is 5.91 Å². The molecule has 3 aliphatic rings. The summed E-state index contributed by atoms with van der Waals surface area (Å²) in [6.07, 6.45) is 4.60. The van der Waals surface area contributed by atoms with Gasteiger partial charge in [0.05, 0.1) is 5.69 Å². The Kier molecular flexibility index (Phi) is 2.37. The van der Waals surface area contributed by atoms with Crippen LogP contribution in [0, 0.1) is 12.8 Å². The Hall–Kier alpha value is -3.08. The Morgan fingerprint density at radius 3 is 3.00 bits per heavy atom. The molecule has 5 heteroatoms. The number of aromatic nitrogens is 2. The summed E-state index contributed by atoms with van der Waals surface area (Å²) >= 11 is 0. The summed E-state index contributed by atoms with van der Waals surface area (Å²) in [6.45, 7) is 2.72. The number of allylic oxidation sites excluding steroid dienone is 2. The number of nitrogens with zero attached hydrogens (tertiary/aromatic N) is 1. The second-order valence-corrected chi connectivity index (χ2v) is 7.67. The number of amides is 1. The molecule has 1 aromatic carbocycles. The molecule has 128 valence electrons. The van der Waals surface area contributed by atoms with Crippen molar-refractivity contribution in [3.05, 3.63) is 70.8 Å². The number of rotatable bonds is 1. The van der Waals surface area contributed by atoms with E-state index in [2.05, 4.69) is 9.97 Å². The van der Waals surface area contributed by atoms with Crippen molar-refractivity contribution in [3.63, 3.8) is 0 Å². The molecule has 2 fully saturated rings. The number of hydrogen-bond donors (Lipinski definition) is 2. The van der Waals surface area contributed by atoms with Crippen LogP contribution >= 0.6 is 0 Å². The van der Waals surface area contributed by atoms with E-state index in [0.29, 0.717) is 23.9 Å². The van der Waals surface area contributed by atoms with Crippen LogP contribution in [-0.2, 0) is 5.41 Å². The average Bonchev–Trinajstić information content (AvgIpc) is 2.98. The van der Waals surface area contributed by atoms with Gasteiger partial charge < -0.3 is 14.9 Å². The Labute approximate surface area is 149 Å². The summed E-state index contributed by atoms with van der Waals surface area (Å²) in [6, 6.07) is 9.76. The number of hydrogen-bond acceptors (Lipinski definition) is 2. The molecular formula is C21H17N3O2. The van der Waals surface area contributed by atoms with E-state index in [-0.39, 0.29) is 17.1 Å². The van der Waals surface area contributed by atoms with Crippen molar-refractivity contribution in [2.75, 3.05) is 6.54 Å². The number of para-hydroxylation sites is 1. The van der Waals surface area contributed by atoms with E-state index in [1.54, 1.807) is 6.08 Å². The van der Waals surface area contributed by atoms with Crippen LogP contribution in [0.3, 0.4) is 0 Å². The summed E-state index contributed by atoms with van der Waals surface area (Å²) in [5, 5.41) is 1.02. The number of H-pyrrole nitrogens is 2. The standard InChI is InChI=1S/C21H17N3O2/c1-11-9-22-19-16(25)7-17-21(18(11)19)8-13(21)10-24(17)20(26)15-6-12-4-2-3-5-14(12)23-15/h2-7,9,13,22-23H,8,10H2,1H3/t13-,21+/m1/s1. The van der Waals surface area contributed by atoms with Crippen LogP contribution in [0.5, 0.6) is 0 Å². The summed E-state index contributed by atoms with van der Waals surface area (Å²) in [4.78, 5) is 34.0. The van der Waals surface area contributed by atoms with Crippen molar-refractivity contribution in [2.45, 2.75) is 18.8 Å². The molecule has 3 heterocycles. The number of nitrogens with one attached hydrogen (secondary N) is 2. The lowest BCUT2D eigenvalue weighted by Gasteiger charge is -2.28. The number of benzene rings is 1. The molecule has 2 aromatic heterocycles. The number of aromatic amines is 2. The predicted molar refractivity (Wildman–Crippen MR) is 97.1 cm³/mol. The highest BCUT2D eigenvalue weighted by molar-refractivity contribution is 6.09. The lowest BCUT2D eigenvalue weighted by molar-refractivity contribution is 0.0806. The second kappa shape index (κ2) is 4.36. The van der Waals surface area contributed by atoms with E-state index < -0.39 is 0 Å². The lowest BCUT2D eigenvalue weighted by Crippen LogP contribution is -2.34. The zero-order valence-electron chi connectivity index (χ0n) is 14.3. The van der Waals surface area contributed by atoms with Crippen molar-refractivity contribution in [3.8, 4) is 0 Å². The fourth-order valence-corrected chi connectivity index (χ4v) is 5.08. The van der Waals surface area contributed by atoms with Crippen LogP contribution in [0.1, 0.15) is 38.5 Å². The van der Waals surface area contributed by atoms with Crippen LogP contribution in [-0.4, -0.2) is 33.1 Å². The molecule has 6 rings (SSSR count). The third-order valence-corrected chi connectivity index (χ3v) is 6.30. The van der Waals surface area contributed by atoms with Crippen molar-refractivity contribution >= 4 is 22.6 Å². The SMILES string of the molecule is Cc1c[nH]c2c1[C@@]13C[C@@H]1CN(C(=O)c1cc4ccccc4[nH]1)C3=CC2=O. The molecule has 1 saturated carbocycles. The first-order valence-electron chi connectivity index (χ1n) is 8.94. The lowest BCUT2D eigenvalue weighted by atomic mass is 9.83. The fraction of sp³-hybridized carbons (Fsp3) is 0.238. The van der Waals surface area contributed by atoms with Crippen LogP contribution in [0.2, 0.25) is 0 Å². The van der Waals surface area contributed by atoms with Crippen LogP contribution in [0.25, 0.3) is 10.9 Å². The minimum Gasteiger partial charge on any atom is -0.358 e.